The zero-order valence-electron chi connectivity index (χ0n) is 12.5. The second-order valence-corrected chi connectivity index (χ2v) is 6.74. The minimum Gasteiger partial charge on any atom is -0.492 e. The summed E-state index contributed by atoms with van der Waals surface area (Å²) in [5.74, 6) is 1.63. The lowest BCUT2D eigenvalue weighted by atomic mass is 10.2. The van der Waals surface area contributed by atoms with Crippen LogP contribution in [0.5, 0.6) is 5.75 Å². The van der Waals surface area contributed by atoms with Gasteiger partial charge in [0.25, 0.3) is 0 Å². The first-order valence-electron chi connectivity index (χ1n) is 6.75. The molecule has 0 radical (unpaired) electrons. The highest BCUT2D eigenvalue weighted by atomic mass is 79.9. The lowest BCUT2D eigenvalue weighted by Crippen LogP contribution is -1.99. The molecule has 0 bridgehead atoms. The molecule has 0 unspecified atom stereocenters. The van der Waals surface area contributed by atoms with Crippen molar-refractivity contribution in [3.8, 4) is 5.75 Å². The molecular weight excluding hydrogens is 432 g/mol. The van der Waals surface area contributed by atoms with E-state index in [0.29, 0.717) is 6.61 Å². The van der Waals surface area contributed by atoms with E-state index < -0.39 is 0 Å². The molecule has 118 valence electrons. The molecular formula is C14H16Br2N4OS. The molecule has 0 N–H and O–H groups in total. The molecule has 8 heteroatoms. The number of rotatable bonds is 6. The Bertz CT molecular complexity index is 643. The molecule has 0 aliphatic carbocycles. The monoisotopic (exact) mass is 446 g/mol. The average molecular weight is 448 g/mol. The fourth-order valence-corrected chi connectivity index (χ4v) is 3.72. The first-order chi connectivity index (χ1) is 10.6. The Balaban J connectivity index is 2.33. The molecule has 1 heterocycles. The molecule has 0 saturated heterocycles. The summed E-state index contributed by atoms with van der Waals surface area (Å²) >= 11 is 8.56. The smallest absolute Gasteiger partial charge is 0.211 e. The number of aryl methyl sites for hydroxylation is 1. The molecule has 0 fully saturated rings. The summed E-state index contributed by atoms with van der Waals surface area (Å²) in [7, 11) is 0. The largest absolute Gasteiger partial charge is 0.492 e. The number of nitrogens with zero attached hydrogens (tertiary/aromatic N) is 4. The minimum absolute atomic E-state index is 0.613. The summed E-state index contributed by atoms with van der Waals surface area (Å²) in [4.78, 5) is 0. The van der Waals surface area contributed by atoms with Crippen molar-refractivity contribution in [2.75, 3.05) is 12.9 Å². The van der Waals surface area contributed by atoms with E-state index in [1.54, 1.807) is 10.9 Å². The van der Waals surface area contributed by atoms with Crippen LogP contribution in [-0.2, 0) is 6.42 Å². The summed E-state index contributed by atoms with van der Waals surface area (Å²) in [5.41, 5.74) is 0.949. The van der Waals surface area contributed by atoms with Crippen LogP contribution in [-0.4, -0.2) is 34.0 Å². The highest BCUT2D eigenvalue weighted by molar-refractivity contribution is 9.11. The fourth-order valence-electron chi connectivity index (χ4n) is 1.82. The van der Waals surface area contributed by atoms with E-state index in [4.69, 9.17) is 4.74 Å². The van der Waals surface area contributed by atoms with Crippen molar-refractivity contribution in [2.45, 2.75) is 25.4 Å². The van der Waals surface area contributed by atoms with Crippen LogP contribution in [0.1, 0.15) is 25.2 Å². The normalized spacial score (nSPS) is 11.3. The second kappa shape index (κ2) is 8.12. The zero-order chi connectivity index (χ0) is 16.1. The summed E-state index contributed by atoms with van der Waals surface area (Å²) in [6.07, 6.45) is 4.52. The second-order valence-electron chi connectivity index (χ2n) is 4.26. The van der Waals surface area contributed by atoms with Gasteiger partial charge < -0.3 is 4.74 Å². The predicted molar refractivity (Wildman–Crippen MR) is 97.2 cm³/mol. The van der Waals surface area contributed by atoms with Crippen LogP contribution in [0.2, 0.25) is 0 Å². The number of aromatic nitrogens is 3. The van der Waals surface area contributed by atoms with Crippen molar-refractivity contribution in [3.05, 3.63) is 32.5 Å². The zero-order valence-corrected chi connectivity index (χ0v) is 16.5. The Morgan fingerprint density at radius 2 is 1.95 bits per heavy atom. The Labute approximate surface area is 150 Å². The lowest BCUT2D eigenvalue weighted by molar-refractivity contribution is 0.336. The van der Waals surface area contributed by atoms with Crippen molar-refractivity contribution in [1.82, 2.24) is 14.9 Å². The highest BCUT2D eigenvalue weighted by Gasteiger charge is 2.10. The third-order valence-electron chi connectivity index (χ3n) is 2.81. The molecule has 0 saturated carbocycles. The van der Waals surface area contributed by atoms with Crippen molar-refractivity contribution in [2.24, 2.45) is 5.10 Å². The summed E-state index contributed by atoms with van der Waals surface area (Å²) in [6.45, 7) is 4.60. The van der Waals surface area contributed by atoms with Gasteiger partial charge in [0.2, 0.25) is 5.16 Å². The molecule has 2 aromatic rings. The molecule has 0 aliphatic rings. The van der Waals surface area contributed by atoms with Crippen molar-refractivity contribution in [1.29, 1.82) is 0 Å². The van der Waals surface area contributed by atoms with Gasteiger partial charge in [-0.25, -0.2) is 0 Å². The Kier molecular flexibility index (Phi) is 6.46. The molecule has 5 nitrogen and oxygen atoms in total. The molecule has 22 heavy (non-hydrogen) atoms. The standard InChI is InChI=1S/C14H16Br2N4OS/c1-4-12-18-19-14(22-3)20(12)17-8-9-6-10(15)13(21-5-2)11(16)7-9/h6-8H,4-5H2,1-3H3/b17-8-. The first kappa shape index (κ1) is 17.5. The van der Waals surface area contributed by atoms with Crippen molar-refractivity contribution >= 4 is 49.8 Å². The van der Waals surface area contributed by atoms with Gasteiger partial charge in [0.1, 0.15) is 5.75 Å². The molecule has 0 amide bonds. The summed E-state index contributed by atoms with van der Waals surface area (Å²) < 4.78 is 9.11. The van der Waals surface area contributed by atoms with Crippen LogP contribution in [0.25, 0.3) is 0 Å². The maximum atomic E-state index is 5.58. The van der Waals surface area contributed by atoms with Gasteiger partial charge in [-0.1, -0.05) is 18.7 Å². The van der Waals surface area contributed by atoms with Gasteiger partial charge in [-0.05, 0) is 62.7 Å². The topological polar surface area (TPSA) is 52.3 Å². The third-order valence-corrected chi connectivity index (χ3v) is 4.60. The van der Waals surface area contributed by atoms with E-state index in [2.05, 4.69) is 47.2 Å². The van der Waals surface area contributed by atoms with Gasteiger partial charge in [-0.3, -0.25) is 0 Å². The first-order valence-corrected chi connectivity index (χ1v) is 9.56. The minimum atomic E-state index is 0.613. The van der Waals surface area contributed by atoms with Gasteiger partial charge in [-0.2, -0.15) is 9.78 Å². The van der Waals surface area contributed by atoms with Crippen molar-refractivity contribution < 1.29 is 4.74 Å². The predicted octanol–water partition coefficient (Wildman–Crippen LogP) is 4.37. The van der Waals surface area contributed by atoms with E-state index in [1.807, 2.05) is 32.2 Å². The lowest BCUT2D eigenvalue weighted by Gasteiger charge is -2.09. The van der Waals surface area contributed by atoms with Gasteiger partial charge in [0, 0.05) is 6.42 Å². The molecule has 0 atom stereocenters. The quantitative estimate of drug-likeness (QED) is 0.487. The van der Waals surface area contributed by atoms with E-state index >= 15 is 0 Å². The number of ether oxygens (including phenoxy) is 1. The van der Waals surface area contributed by atoms with E-state index in [9.17, 15) is 0 Å². The molecule has 0 spiro atoms. The maximum Gasteiger partial charge on any atom is 0.211 e. The number of benzene rings is 1. The van der Waals surface area contributed by atoms with Gasteiger partial charge >= 0.3 is 0 Å². The van der Waals surface area contributed by atoms with Crippen LogP contribution >= 0.6 is 43.6 Å². The van der Waals surface area contributed by atoms with Crippen LogP contribution < -0.4 is 4.74 Å². The van der Waals surface area contributed by atoms with E-state index in [-0.39, 0.29) is 0 Å². The van der Waals surface area contributed by atoms with Crippen molar-refractivity contribution in [3.63, 3.8) is 0 Å². The van der Waals surface area contributed by atoms with E-state index in [1.165, 1.54) is 11.8 Å². The van der Waals surface area contributed by atoms with E-state index in [0.717, 1.165) is 37.7 Å². The molecule has 1 aromatic heterocycles. The van der Waals surface area contributed by atoms with Crippen LogP contribution in [0.4, 0.5) is 0 Å². The Hall–Kier alpha value is -0.860. The number of hydrogen-bond acceptors (Lipinski definition) is 5. The van der Waals surface area contributed by atoms with Gasteiger partial charge in [-0.15, -0.1) is 10.2 Å². The molecule has 1 aromatic carbocycles. The number of thioether (sulfide) groups is 1. The molecule has 2 rings (SSSR count). The third kappa shape index (κ3) is 3.91. The Morgan fingerprint density at radius 3 is 2.50 bits per heavy atom. The van der Waals surface area contributed by atoms with Gasteiger partial charge in [0.05, 0.1) is 21.8 Å². The SMILES string of the molecule is CCOc1c(Br)cc(/C=N\n2c(CC)nnc2SC)cc1Br. The summed E-state index contributed by atoms with van der Waals surface area (Å²) in [5, 5.41) is 13.5. The van der Waals surface area contributed by atoms with Crippen LogP contribution in [0.3, 0.4) is 0 Å². The number of halogens is 2. The average Bonchev–Trinajstić information content (AvgIpc) is 2.90. The Morgan fingerprint density at radius 1 is 1.27 bits per heavy atom. The fraction of sp³-hybridized carbons (Fsp3) is 0.357. The summed E-state index contributed by atoms with van der Waals surface area (Å²) in [6, 6.07) is 3.93. The van der Waals surface area contributed by atoms with Crippen LogP contribution in [0.15, 0.2) is 31.3 Å². The number of hydrogen-bond donors (Lipinski definition) is 0. The van der Waals surface area contributed by atoms with Crippen LogP contribution in [0, 0.1) is 0 Å². The van der Waals surface area contributed by atoms with Gasteiger partial charge in [0.15, 0.2) is 5.82 Å². The highest BCUT2D eigenvalue weighted by Crippen LogP contribution is 2.34. The molecule has 0 aliphatic heterocycles. The maximum absolute atomic E-state index is 5.58.